The Balaban J connectivity index is 1.07. The average Bonchev–Trinajstić information content (AvgIpc) is 3.64. The van der Waals surface area contributed by atoms with Crippen LogP contribution >= 0.6 is 11.3 Å². The summed E-state index contributed by atoms with van der Waals surface area (Å²) < 4.78 is 2.70. The molecule has 0 saturated carbocycles. The van der Waals surface area contributed by atoms with Gasteiger partial charge >= 0.3 is 0 Å². The van der Waals surface area contributed by atoms with Gasteiger partial charge in [-0.05, 0) is 104 Å². The van der Waals surface area contributed by atoms with E-state index in [2.05, 4.69) is 217 Å². The van der Waals surface area contributed by atoms with Gasteiger partial charge in [0.05, 0.1) is 0 Å². The molecule has 1 heterocycles. The number of rotatable bonds is 7. The Morgan fingerprint density at radius 1 is 0.296 bits per heavy atom. The fourth-order valence-corrected chi connectivity index (χ4v) is 9.01. The lowest BCUT2D eigenvalue weighted by atomic mass is 9.93. The minimum Gasteiger partial charge on any atom is -0.310 e. The summed E-state index contributed by atoms with van der Waals surface area (Å²) in [5, 5.41) is 5.25. The zero-order valence-corrected chi connectivity index (χ0v) is 30.4. The van der Waals surface area contributed by atoms with Gasteiger partial charge in [0.1, 0.15) is 0 Å². The van der Waals surface area contributed by atoms with Crippen LogP contribution in [-0.2, 0) is 0 Å². The summed E-state index contributed by atoms with van der Waals surface area (Å²) in [4.78, 5) is 2.37. The van der Waals surface area contributed by atoms with Crippen LogP contribution in [0.5, 0.6) is 0 Å². The van der Waals surface area contributed by atoms with Crippen LogP contribution in [0.1, 0.15) is 0 Å². The molecule has 54 heavy (non-hydrogen) atoms. The van der Waals surface area contributed by atoms with E-state index in [0.29, 0.717) is 0 Å². The van der Waals surface area contributed by atoms with Crippen LogP contribution < -0.4 is 4.90 Å². The van der Waals surface area contributed by atoms with Crippen molar-refractivity contribution in [1.82, 2.24) is 0 Å². The molecule has 0 N–H and O–H groups in total. The quantitative estimate of drug-likeness (QED) is 0.160. The predicted octanol–water partition coefficient (Wildman–Crippen LogP) is 15.3. The van der Waals surface area contributed by atoms with Crippen molar-refractivity contribution in [2.24, 2.45) is 0 Å². The van der Waals surface area contributed by atoms with Gasteiger partial charge in [-0.1, -0.05) is 164 Å². The fourth-order valence-electron chi connectivity index (χ4n) is 7.77. The Kier molecular flexibility index (Phi) is 8.09. The third kappa shape index (κ3) is 5.84. The first-order chi connectivity index (χ1) is 26.8. The highest BCUT2D eigenvalue weighted by molar-refractivity contribution is 7.26. The molecule has 0 aliphatic carbocycles. The average molecular weight is 706 g/mol. The summed E-state index contributed by atoms with van der Waals surface area (Å²) in [6, 6.07) is 77.0. The largest absolute Gasteiger partial charge is 0.310 e. The predicted molar refractivity (Wildman–Crippen MR) is 233 cm³/mol. The molecule has 0 aliphatic heterocycles. The molecule has 0 unspecified atom stereocenters. The lowest BCUT2D eigenvalue weighted by molar-refractivity contribution is 1.28. The first kappa shape index (κ1) is 32.0. The third-order valence-corrected chi connectivity index (χ3v) is 11.7. The lowest BCUT2D eigenvalue weighted by Crippen LogP contribution is -2.10. The van der Waals surface area contributed by atoms with Gasteiger partial charge < -0.3 is 4.90 Å². The number of anilines is 3. The van der Waals surface area contributed by atoms with E-state index < -0.39 is 0 Å². The number of nitrogens with zero attached hydrogens (tertiary/aromatic N) is 1. The molecule has 0 radical (unpaired) electrons. The van der Waals surface area contributed by atoms with E-state index in [0.717, 1.165) is 17.1 Å². The maximum absolute atomic E-state index is 2.37. The molecular formula is C52H35NS. The summed E-state index contributed by atoms with van der Waals surface area (Å²) >= 11 is 1.89. The Hall–Kier alpha value is -6.74. The third-order valence-electron chi connectivity index (χ3n) is 10.5. The Labute approximate surface area is 319 Å². The number of hydrogen-bond donors (Lipinski definition) is 0. The molecule has 0 aliphatic rings. The maximum atomic E-state index is 2.37. The van der Waals surface area contributed by atoms with Crippen molar-refractivity contribution in [1.29, 1.82) is 0 Å². The van der Waals surface area contributed by atoms with Crippen LogP contribution in [0.25, 0.3) is 75.5 Å². The van der Waals surface area contributed by atoms with Gasteiger partial charge in [0.15, 0.2) is 0 Å². The topological polar surface area (TPSA) is 3.24 Å². The van der Waals surface area contributed by atoms with Gasteiger partial charge in [-0.15, -0.1) is 11.3 Å². The van der Waals surface area contributed by atoms with E-state index in [9.17, 15) is 0 Å². The van der Waals surface area contributed by atoms with Crippen LogP contribution in [0.3, 0.4) is 0 Å². The Morgan fingerprint density at radius 3 is 1.46 bits per heavy atom. The molecule has 10 rings (SSSR count). The standard InChI is InChI=1S/C52H35NS/c1-4-12-36(13-5-1)37-20-26-43(27-21-37)53(45-30-33-46(39-14-6-2-7-15-39)50(35-45)40-16-8-3-9-17-40)44-28-22-38(23-29-44)41-24-31-47-42(34-41)25-32-49-48-18-10-11-19-51(48)54-52(47)49/h1-35H. The van der Waals surface area contributed by atoms with E-state index in [4.69, 9.17) is 0 Å². The van der Waals surface area contributed by atoms with E-state index in [1.54, 1.807) is 0 Å². The summed E-state index contributed by atoms with van der Waals surface area (Å²) in [7, 11) is 0. The molecule has 0 amide bonds. The van der Waals surface area contributed by atoms with Gasteiger partial charge in [0, 0.05) is 37.2 Å². The Morgan fingerprint density at radius 2 is 0.796 bits per heavy atom. The smallest absolute Gasteiger partial charge is 0.0468 e. The van der Waals surface area contributed by atoms with Crippen LogP contribution in [0.4, 0.5) is 17.1 Å². The van der Waals surface area contributed by atoms with Gasteiger partial charge in [0.2, 0.25) is 0 Å². The van der Waals surface area contributed by atoms with Crippen molar-refractivity contribution >= 4 is 59.3 Å². The van der Waals surface area contributed by atoms with E-state index in [1.807, 2.05) is 11.3 Å². The number of hydrogen-bond acceptors (Lipinski definition) is 2. The van der Waals surface area contributed by atoms with E-state index >= 15 is 0 Å². The summed E-state index contributed by atoms with van der Waals surface area (Å²) in [6.07, 6.45) is 0. The second-order valence-corrected chi connectivity index (χ2v) is 14.8. The van der Waals surface area contributed by atoms with Crippen molar-refractivity contribution in [3.05, 3.63) is 212 Å². The van der Waals surface area contributed by atoms with Crippen molar-refractivity contribution in [2.75, 3.05) is 4.90 Å². The first-order valence-corrected chi connectivity index (χ1v) is 19.2. The van der Waals surface area contributed by atoms with Crippen molar-refractivity contribution in [3.8, 4) is 44.5 Å². The SMILES string of the molecule is c1ccc(-c2ccc(N(c3ccc(-c4ccc5c(ccc6c7ccccc7sc56)c4)cc3)c3ccc(-c4ccccc4)c(-c4ccccc4)c3)cc2)cc1. The molecule has 0 bridgehead atoms. The first-order valence-electron chi connectivity index (χ1n) is 18.4. The van der Waals surface area contributed by atoms with Crippen LogP contribution in [-0.4, -0.2) is 0 Å². The monoisotopic (exact) mass is 705 g/mol. The molecule has 0 fully saturated rings. The highest BCUT2D eigenvalue weighted by atomic mass is 32.1. The Bertz CT molecular complexity index is 2890. The summed E-state index contributed by atoms with van der Waals surface area (Å²) in [5.41, 5.74) is 12.9. The lowest BCUT2D eigenvalue weighted by Gasteiger charge is -2.27. The second kappa shape index (κ2) is 13.7. The minimum absolute atomic E-state index is 1.10. The zero-order chi connectivity index (χ0) is 35.8. The molecule has 1 nitrogen and oxygen atoms in total. The van der Waals surface area contributed by atoms with Gasteiger partial charge in [0.25, 0.3) is 0 Å². The molecule has 2 heteroatoms. The molecule has 0 saturated heterocycles. The molecule has 1 aromatic heterocycles. The number of benzene rings is 9. The molecule has 0 atom stereocenters. The zero-order valence-electron chi connectivity index (χ0n) is 29.6. The minimum atomic E-state index is 1.10. The molecule has 0 spiro atoms. The highest BCUT2D eigenvalue weighted by Crippen LogP contribution is 2.43. The molecule has 9 aromatic carbocycles. The van der Waals surface area contributed by atoms with E-state index in [1.165, 1.54) is 75.5 Å². The number of thiophene rings is 1. The fraction of sp³-hybridized carbons (Fsp3) is 0. The van der Waals surface area contributed by atoms with Crippen molar-refractivity contribution < 1.29 is 0 Å². The number of fused-ring (bicyclic) bond motifs is 5. The van der Waals surface area contributed by atoms with Crippen molar-refractivity contribution in [3.63, 3.8) is 0 Å². The summed E-state index contributed by atoms with van der Waals surface area (Å²) in [6.45, 7) is 0. The maximum Gasteiger partial charge on any atom is 0.0468 e. The van der Waals surface area contributed by atoms with Gasteiger partial charge in [-0.3, -0.25) is 0 Å². The molecule has 10 aromatic rings. The highest BCUT2D eigenvalue weighted by Gasteiger charge is 2.17. The van der Waals surface area contributed by atoms with Crippen LogP contribution in [0.15, 0.2) is 212 Å². The molecular weight excluding hydrogens is 671 g/mol. The second-order valence-electron chi connectivity index (χ2n) is 13.7. The van der Waals surface area contributed by atoms with Gasteiger partial charge in [-0.25, -0.2) is 0 Å². The van der Waals surface area contributed by atoms with Crippen LogP contribution in [0.2, 0.25) is 0 Å². The van der Waals surface area contributed by atoms with Crippen LogP contribution in [0, 0.1) is 0 Å². The normalized spacial score (nSPS) is 11.3. The van der Waals surface area contributed by atoms with E-state index in [-0.39, 0.29) is 0 Å². The molecule has 254 valence electrons. The van der Waals surface area contributed by atoms with Crippen molar-refractivity contribution in [2.45, 2.75) is 0 Å². The summed E-state index contributed by atoms with van der Waals surface area (Å²) in [5.74, 6) is 0. The van der Waals surface area contributed by atoms with Gasteiger partial charge in [-0.2, -0.15) is 0 Å².